The first-order valence-electron chi connectivity index (χ1n) is 11.7. The first-order chi connectivity index (χ1) is 17.5. The van der Waals surface area contributed by atoms with Crippen LogP contribution in [0.1, 0.15) is 22.5 Å². The summed E-state index contributed by atoms with van der Waals surface area (Å²) >= 11 is 0. The van der Waals surface area contributed by atoms with E-state index in [-0.39, 0.29) is 40.1 Å². The number of aromatic hydroxyl groups is 4. The quantitative estimate of drug-likeness (QED) is 0.167. The van der Waals surface area contributed by atoms with Gasteiger partial charge in [0.2, 0.25) is 0 Å². The van der Waals surface area contributed by atoms with E-state index in [1.54, 1.807) is 24.5 Å². The maximum absolute atomic E-state index is 10.4. The zero-order valence-corrected chi connectivity index (χ0v) is 21.5. The van der Waals surface area contributed by atoms with E-state index in [1.165, 1.54) is 24.3 Å². The third kappa shape index (κ3) is 8.48. The van der Waals surface area contributed by atoms with Gasteiger partial charge in [0.1, 0.15) is 23.0 Å². The second-order valence-corrected chi connectivity index (χ2v) is 8.69. The molecule has 4 aromatic rings. The van der Waals surface area contributed by atoms with Crippen LogP contribution >= 0.6 is 0 Å². The van der Waals surface area contributed by atoms with E-state index >= 15 is 0 Å². The average Bonchev–Trinajstić information content (AvgIpc) is 2.88. The first-order valence-corrected chi connectivity index (χ1v) is 11.7. The molecule has 0 fully saturated rings. The molecule has 0 amide bonds. The Bertz CT molecular complexity index is 1160. The molecular weight excluding hydrogens is 511 g/mol. The Hall–Kier alpha value is -3.62. The topological polar surface area (TPSA) is 113 Å². The molecule has 37 heavy (non-hydrogen) atoms. The van der Waals surface area contributed by atoms with Crippen LogP contribution in [0.5, 0.6) is 23.0 Å². The number of rotatable bonds is 11. The number of nitrogens with zero attached hydrogens (tertiary/aromatic N) is 4. The van der Waals surface area contributed by atoms with Gasteiger partial charge in [-0.2, -0.15) is 0 Å². The van der Waals surface area contributed by atoms with Gasteiger partial charge in [-0.05, 0) is 60.7 Å². The Morgan fingerprint density at radius 3 is 1.35 bits per heavy atom. The summed E-state index contributed by atoms with van der Waals surface area (Å²) in [5, 5.41) is 40.6. The maximum atomic E-state index is 10.4. The molecule has 9 heteroatoms. The van der Waals surface area contributed by atoms with Crippen LogP contribution in [0.15, 0.2) is 85.2 Å². The van der Waals surface area contributed by atoms with Gasteiger partial charge < -0.3 is 20.4 Å². The van der Waals surface area contributed by atoms with Gasteiger partial charge in [0.25, 0.3) is 0 Å². The van der Waals surface area contributed by atoms with Gasteiger partial charge in [0.15, 0.2) is 0 Å². The molecule has 0 saturated heterocycles. The number of aromatic nitrogens is 2. The van der Waals surface area contributed by atoms with Crippen molar-refractivity contribution < 1.29 is 37.5 Å². The summed E-state index contributed by atoms with van der Waals surface area (Å²) < 4.78 is 0. The van der Waals surface area contributed by atoms with Crippen molar-refractivity contribution in [1.82, 2.24) is 19.8 Å². The van der Waals surface area contributed by atoms with Gasteiger partial charge in [0, 0.05) is 62.8 Å². The smallest absolute Gasteiger partial charge is 0.508 e. The Kier molecular flexibility index (Phi) is 10.3. The zero-order valence-electron chi connectivity index (χ0n) is 20.3. The minimum atomic E-state index is 0. The normalized spacial score (nSPS) is 11.0. The number of hydrogen-bond donors (Lipinski definition) is 4. The Morgan fingerprint density at radius 2 is 0.973 bits per heavy atom. The van der Waals surface area contributed by atoms with Crippen LogP contribution in [0.3, 0.4) is 0 Å². The van der Waals surface area contributed by atoms with Crippen molar-refractivity contribution in [3.05, 3.63) is 108 Å². The van der Waals surface area contributed by atoms with E-state index in [0.29, 0.717) is 50.4 Å². The van der Waals surface area contributed by atoms with Crippen molar-refractivity contribution in [3.8, 4) is 23.0 Å². The van der Waals surface area contributed by atoms with Crippen molar-refractivity contribution in [2.24, 2.45) is 0 Å². The molecule has 0 unspecified atom stereocenters. The largest absolute Gasteiger partial charge is 2.00 e. The molecule has 0 aliphatic heterocycles. The Balaban J connectivity index is 0.00000380. The van der Waals surface area contributed by atoms with Gasteiger partial charge in [-0.3, -0.25) is 19.8 Å². The Labute approximate surface area is 227 Å². The average molecular weight is 542 g/mol. The van der Waals surface area contributed by atoms with E-state index in [4.69, 9.17) is 0 Å². The van der Waals surface area contributed by atoms with Crippen molar-refractivity contribution in [1.29, 1.82) is 0 Å². The van der Waals surface area contributed by atoms with Crippen molar-refractivity contribution >= 4 is 0 Å². The van der Waals surface area contributed by atoms with Crippen molar-refractivity contribution in [2.45, 2.75) is 26.2 Å². The second kappa shape index (κ2) is 13.6. The van der Waals surface area contributed by atoms with Gasteiger partial charge in [-0.15, -0.1) is 0 Å². The molecule has 0 atom stereocenters. The van der Waals surface area contributed by atoms with Crippen LogP contribution < -0.4 is 0 Å². The molecule has 1 radical (unpaired) electrons. The fourth-order valence-corrected chi connectivity index (χ4v) is 4.03. The molecule has 191 valence electrons. The molecule has 8 nitrogen and oxygen atoms in total. The van der Waals surface area contributed by atoms with Crippen LogP contribution in [-0.4, -0.2) is 53.3 Å². The van der Waals surface area contributed by atoms with Crippen LogP contribution in [0.4, 0.5) is 0 Å². The molecule has 0 aliphatic carbocycles. The van der Waals surface area contributed by atoms with E-state index in [0.717, 1.165) is 11.4 Å². The fourth-order valence-electron chi connectivity index (χ4n) is 4.03. The summed E-state index contributed by atoms with van der Waals surface area (Å²) in [7, 11) is 0. The van der Waals surface area contributed by atoms with Gasteiger partial charge in [-0.1, -0.05) is 12.1 Å². The molecule has 0 aliphatic rings. The summed E-state index contributed by atoms with van der Waals surface area (Å²) in [6.07, 6.45) is 3.49. The standard InChI is InChI=1S/C28H30N4O4.Mn/c33-25-7-9-27(35)21(15-25)17-31(19-23-5-1-3-11-29-23)13-14-32(20-24-6-2-4-12-30-24)18-22-16-26(34)8-10-28(22)36;/h1-12,15-16,33-36H,13-14,17-20H2;/q;+2. The van der Waals surface area contributed by atoms with Gasteiger partial charge in [0.05, 0.1) is 11.4 Å². The van der Waals surface area contributed by atoms with Crippen molar-refractivity contribution in [2.75, 3.05) is 13.1 Å². The zero-order chi connectivity index (χ0) is 25.3. The summed E-state index contributed by atoms with van der Waals surface area (Å²) in [5.41, 5.74) is 3.01. The van der Waals surface area contributed by atoms with E-state index in [1.807, 2.05) is 36.4 Å². The third-order valence-corrected chi connectivity index (χ3v) is 5.87. The molecule has 4 rings (SSSR count). The molecule has 2 heterocycles. The van der Waals surface area contributed by atoms with E-state index in [9.17, 15) is 20.4 Å². The predicted molar refractivity (Wildman–Crippen MR) is 136 cm³/mol. The number of hydrogen-bond acceptors (Lipinski definition) is 8. The number of pyridine rings is 2. The molecule has 0 saturated carbocycles. The summed E-state index contributed by atoms with van der Waals surface area (Å²) in [6.45, 7) is 3.13. The van der Waals surface area contributed by atoms with Gasteiger partial charge >= 0.3 is 17.1 Å². The fraction of sp³-hybridized carbons (Fsp3) is 0.214. The minimum Gasteiger partial charge on any atom is -0.508 e. The predicted octanol–water partition coefficient (Wildman–Crippen LogP) is 4.00. The van der Waals surface area contributed by atoms with Crippen LogP contribution in [0.25, 0.3) is 0 Å². The van der Waals surface area contributed by atoms with Gasteiger partial charge in [-0.25, -0.2) is 0 Å². The molecule has 2 aromatic carbocycles. The Morgan fingerprint density at radius 1 is 0.541 bits per heavy atom. The SMILES string of the molecule is Oc1ccc(O)c(CN(CCN(Cc2ccccn2)Cc2cc(O)ccc2O)Cc2ccccn2)c1.[Mn+2]. The van der Waals surface area contributed by atoms with E-state index < -0.39 is 0 Å². The minimum absolute atomic E-state index is 0. The second-order valence-electron chi connectivity index (χ2n) is 8.69. The molecule has 4 N–H and O–H groups in total. The number of benzene rings is 2. The van der Waals surface area contributed by atoms with Crippen LogP contribution in [0.2, 0.25) is 0 Å². The monoisotopic (exact) mass is 541 g/mol. The summed E-state index contributed by atoms with van der Waals surface area (Å²) in [5.74, 6) is 0.427. The summed E-state index contributed by atoms with van der Waals surface area (Å²) in [6, 6.07) is 20.5. The third-order valence-electron chi connectivity index (χ3n) is 5.87. The van der Waals surface area contributed by atoms with Crippen LogP contribution in [-0.2, 0) is 43.2 Å². The molecule has 2 aromatic heterocycles. The molecule has 0 bridgehead atoms. The first kappa shape index (κ1) is 28.0. The van der Waals surface area contributed by atoms with Crippen LogP contribution in [0, 0.1) is 0 Å². The number of phenolic OH excluding ortho intramolecular Hbond substituents is 4. The molecular formula is C28H30MnN4O4+2. The van der Waals surface area contributed by atoms with E-state index in [2.05, 4.69) is 19.8 Å². The maximum Gasteiger partial charge on any atom is 2.00 e. The summed E-state index contributed by atoms with van der Waals surface area (Å²) in [4.78, 5) is 13.2. The number of phenols is 4. The molecule has 0 spiro atoms. The van der Waals surface area contributed by atoms with Crippen molar-refractivity contribution in [3.63, 3.8) is 0 Å².